The van der Waals surface area contributed by atoms with Gasteiger partial charge in [-0.2, -0.15) is 0 Å². The lowest BCUT2D eigenvalue weighted by Gasteiger charge is -2.05. The zero-order valence-electron chi connectivity index (χ0n) is 13.4. The van der Waals surface area contributed by atoms with Gasteiger partial charge in [-0.3, -0.25) is 10.0 Å². The smallest absolute Gasteiger partial charge is 0.274 e. The van der Waals surface area contributed by atoms with Crippen LogP contribution < -0.4 is 5.48 Å². The fourth-order valence-corrected chi connectivity index (χ4v) is 2.73. The van der Waals surface area contributed by atoms with E-state index in [0.29, 0.717) is 17.7 Å². The van der Waals surface area contributed by atoms with Crippen LogP contribution in [0.4, 0.5) is 5.69 Å². The van der Waals surface area contributed by atoms with E-state index in [4.69, 9.17) is 11.8 Å². The highest BCUT2D eigenvalue weighted by molar-refractivity contribution is 5.93. The standard InChI is InChI=1S/C18H16N4O2/c1-11-7-16-15(10-14(11)19-2)20-17(22(16)3)9-12-5-4-6-13(8-12)18(23)21-24/h4-8,10,24H,9H2,1,3H3,(H,21,23). The van der Waals surface area contributed by atoms with Crippen LogP contribution in [0, 0.1) is 13.5 Å². The Morgan fingerprint density at radius 1 is 1.38 bits per heavy atom. The second kappa shape index (κ2) is 6.14. The summed E-state index contributed by atoms with van der Waals surface area (Å²) in [4.78, 5) is 19.7. The number of rotatable bonds is 3. The molecule has 0 radical (unpaired) electrons. The van der Waals surface area contributed by atoms with Crippen LogP contribution in [-0.2, 0) is 13.5 Å². The van der Waals surface area contributed by atoms with E-state index < -0.39 is 5.91 Å². The van der Waals surface area contributed by atoms with Gasteiger partial charge in [-0.1, -0.05) is 12.1 Å². The molecule has 0 fully saturated rings. The van der Waals surface area contributed by atoms with Gasteiger partial charge in [0.1, 0.15) is 5.82 Å². The third-order valence-electron chi connectivity index (χ3n) is 4.06. The Bertz CT molecular complexity index is 983. The molecule has 0 bridgehead atoms. The lowest BCUT2D eigenvalue weighted by atomic mass is 10.1. The SMILES string of the molecule is [C-]#[N+]c1cc2nc(Cc3cccc(C(=O)NO)c3)n(C)c2cc1C. The normalized spacial score (nSPS) is 10.6. The van der Waals surface area contributed by atoms with Gasteiger partial charge in [-0.15, -0.1) is 0 Å². The number of aromatic nitrogens is 2. The Morgan fingerprint density at radius 3 is 2.88 bits per heavy atom. The van der Waals surface area contributed by atoms with Gasteiger partial charge < -0.3 is 4.57 Å². The molecule has 0 aliphatic carbocycles. The van der Waals surface area contributed by atoms with Gasteiger partial charge in [0.15, 0.2) is 5.69 Å². The number of carbonyl (C=O) groups is 1. The van der Waals surface area contributed by atoms with Crippen molar-refractivity contribution in [1.29, 1.82) is 0 Å². The monoisotopic (exact) mass is 320 g/mol. The molecule has 6 heteroatoms. The Kier molecular flexibility index (Phi) is 4.02. The maximum absolute atomic E-state index is 11.5. The summed E-state index contributed by atoms with van der Waals surface area (Å²) in [6.07, 6.45) is 0.546. The molecule has 1 heterocycles. The molecule has 0 saturated heterocycles. The number of carbonyl (C=O) groups excluding carboxylic acids is 1. The van der Waals surface area contributed by atoms with E-state index in [9.17, 15) is 4.79 Å². The van der Waals surface area contributed by atoms with Crippen LogP contribution >= 0.6 is 0 Å². The van der Waals surface area contributed by atoms with Crippen LogP contribution in [0.1, 0.15) is 27.3 Å². The Morgan fingerprint density at radius 2 is 2.17 bits per heavy atom. The van der Waals surface area contributed by atoms with Crippen molar-refractivity contribution >= 4 is 22.6 Å². The van der Waals surface area contributed by atoms with E-state index in [0.717, 1.165) is 28.0 Å². The van der Waals surface area contributed by atoms with Crippen LogP contribution in [0.15, 0.2) is 36.4 Å². The number of nitrogens with zero attached hydrogens (tertiary/aromatic N) is 3. The van der Waals surface area contributed by atoms with E-state index in [1.54, 1.807) is 29.7 Å². The van der Waals surface area contributed by atoms with Crippen molar-refractivity contribution in [2.24, 2.45) is 7.05 Å². The highest BCUT2D eigenvalue weighted by atomic mass is 16.5. The molecule has 2 N–H and O–H groups in total. The maximum atomic E-state index is 11.5. The molecule has 0 saturated carbocycles. The average Bonchev–Trinajstić information content (AvgIpc) is 2.89. The first-order valence-corrected chi connectivity index (χ1v) is 7.40. The number of imidazole rings is 1. The first-order chi connectivity index (χ1) is 11.5. The molecule has 3 rings (SSSR count). The quantitative estimate of drug-likeness (QED) is 0.442. The van der Waals surface area contributed by atoms with E-state index in [1.807, 2.05) is 30.7 Å². The van der Waals surface area contributed by atoms with Crippen molar-refractivity contribution in [3.05, 3.63) is 70.3 Å². The predicted octanol–water partition coefficient (Wildman–Crippen LogP) is 3.14. The van der Waals surface area contributed by atoms with Crippen molar-refractivity contribution in [2.75, 3.05) is 0 Å². The Balaban J connectivity index is 2.00. The summed E-state index contributed by atoms with van der Waals surface area (Å²) >= 11 is 0. The maximum Gasteiger partial charge on any atom is 0.274 e. The number of hydrogen-bond donors (Lipinski definition) is 2. The zero-order chi connectivity index (χ0) is 17.3. The van der Waals surface area contributed by atoms with Crippen molar-refractivity contribution in [2.45, 2.75) is 13.3 Å². The van der Waals surface area contributed by atoms with Crippen LogP contribution in [0.3, 0.4) is 0 Å². The third-order valence-corrected chi connectivity index (χ3v) is 4.06. The molecule has 1 aromatic heterocycles. The van der Waals surface area contributed by atoms with Crippen LogP contribution in [0.25, 0.3) is 15.9 Å². The minimum absolute atomic E-state index is 0.389. The van der Waals surface area contributed by atoms with Crippen LogP contribution in [0.2, 0.25) is 0 Å². The van der Waals surface area contributed by atoms with Gasteiger partial charge in [0.25, 0.3) is 5.91 Å². The molecule has 0 unspecified atom stereocenters. The predicted molar refractivity (Wildman–Crippen MR) is 90.2 cm³/mol. The highest BCUT2D eigenvalue weighted by Gasteiger charge is 2.12. The Labute approximate surface area is 139 Å². The number of benzene rings is 2. The number of fused-ring (bicyclic) bond motifs is 1. The number of nitrogens with one attached hydrogen (secondary N) is 1. The number of amides is 1. The summed E-state index contributed by atoms with van der Waals surface area (Å²) in [5.74, 6) is 0.298. The molecule has 6 nitrogen and oxygen atoms in total. The summed E-state index contributed by atoms with van der Waals surface area (Å²) in [6.45, 7) is 9.13. The minimum atomic E-state index is -0.542. The molecule has 0 spiro atoms. The van der Waals surface area contributed by atoms with E-state index in [2.05, 4.69) is 9.83 Å². The van der Waals surface area contributed by atoms with Gasteiger partial charge in [-0.25, -0.2) is 15.3 Å². The van der Waals surface area contributed by atoms with Gasteiger partial charge in [-0.05, 0) is 42.3 Å². The molecule has 120 valence electrons. The molecule has 24 heavy (non-hydrogen) atoms. The fourth-order valence-electron chi connectivity index (χ4n) is 2.73. The molecule has 3 aromatic rings. The zero-order valence-corrected chi connectivity index (χ0v) is 13.4. The van der Waals surface area contributed by atoms with Crippen LogP contribution in [0.5, 0.6) is 0 Å². The number of hydrogen-bond acceptors (Lipinski definition) is 3. The lowest BCUT2D eigenvalue weighted by Crippen LogP contribution is -2.18. The summed E-state index contributed by atoms with van der Waals surface area (Å²) in [5, 5.41) is 8.74. The third kappa shape index (κ3) is 2.73. The fraction of sp³-hybridized carbons (Fsp3) is 0.167. The van der Waals surface area contributed by atoms with Gasteiger partial charge in [0, 0.05) is 19.0 Å². The summed E-state index contributed by atoms with van der Waals surface area (Å²) in [5.41, 5.74) is 6.23. The largest absolute Gasteiger partial charge is 0.331 e. The summed E-state index contributed by atoms with van der Waals surface area (Å²) < 4.78 is 1.99. The molecular formula is C18H16N4O2. The molecule has 0 aliphatic heterocycles. The first kappa shape index (κ1) is 15.7. The van der Waals surface area contributed by atoms with Gasteiger partial charge in [0.05, 0.1) is 17.6 Å². The first-order valence-electron chi connectivity index (χ1n) is 7.40. The lowest BCUT2D eigenvalue weighted by molar-refractivity contribution is 0.0706. The molecular weight excluding hydrogens is 304 g/mol. The Hall–Kier alpha value is -3.17. The van der Waals surface area contributed by atoms with E-state index in [-0.39, 0.29) is 0 Å². The van der Waals surface area contributed by atoms with Gasteiger partial charge in [0.2, 0.25) is 0 Å². The van der Waals surface area contributed by atoms with Crippen molar-refractivity contribution < 1.29 is 10.0 Å². The number of aryl methyl sites for hydroxylation is 2. The van der Waals surface area contributed by atoms with Crippen molar-refractivity contribution in [3.63, 3.8) is 0 Å². The minimum Gasteiger partial charge on any atom is -0.331 e. The van der Waals surface area contributed by atoms with E-state index in [1.165, 1.54) is 0 Å². The molecule has 0 aliphatic rings. The average molecular weight is 320 g/mol. The summed E-state index contributed by atoms with van der Waals surface area (Å²) in [6, 6.07) is 10.8. The second-order valence-corrected chi connectivity index (χ2v) is 5.64. The molecule has 1 amide bonds. The molecule has 2 aromatic carbocycles. The molecule has 0 atom stereocenters. The van der Waals surface area contributed by atoms with E-state index >= 15 is 0 Å². The van der Waals surface area contributed by atoms with Crippen LogP contribution in [-0.4, -0.2) is 20.7 Å². The second-order valence-electron chi connectivity index (χ2n) is 5.64. The highest BCUT2D eigenvalue weighted by Crippen LogP contribution is 2.26. The van der Waals surface area contributed by atoms with Gasteiger partial charge >= 0.3 is 0 Å². The topological polar surface area (TPSA) is 71.5 Å². The summed E-state index contributed by atoms with van der Waals surface area (Å²) in [7, 11) is 1.94. The number of hydroxylamine groups is 1. The van der Waals surface area contributed by atoms with Crippen molar-refractivity contribution in [1.82, 2.24) is 15.0 Å². The van der Waals surface area contributed by atoms with Crippen molar-refractivity contribution in [3.8, 4) is 0 Å².